The summed E-state index contributed by atoms with van der Waals surface area (Å²) in [5.74, 6) is -2.27. The number of hydrogen-bond acceptors (Lipinski definition) is 7. The number of carbonyl (C=O) groups excluding carboxylic acids is 2. The zero-order valence-corrected chi connectivity index (χ0v) is 16.8. The van der Waals surface area contributed by atoms with Gasteiger partial charge < -0.3 is 15.8 Å². The predicted octanol–water partition coefficient (Wildman–Crippen LogP) is 2.38. The Morgan fingerprint density at radius 3 is 2.50 bits per heavy atom. The molecular weight excluding hydrogens is 419 g/mol. The van der Waals surface area contributed by atoms with Gasteiger partial charge in [-0.3, -0.25) is 19.1 Å². The third kappa shape index (κ3) is 4.29. The summed E-state index contributed by atoms with van der Waals surface area (Å²) in [5.41, 5.74) is 4.96. The second-order valence-corrected chi connectivity index (χ2v) is 7.30. The van der Waals surface area contributed by atoms with E-state index < -0.39 is 41.0 Å². The van der Waals surface area contributed by atoms with Crippen molar-refractivity contribution in [1.82, 2.24) is 9.55 Å². The van der Waals surface area contributed by atoms with Crippen molar-refractivity contribution in [3.05, 3.63) is 86.3 Å². The van der Waals surface area contributed by atoms with Crippen molar-refractivity contribution in [2.75, 3.05) is 17.7 Å². The number of esters is 1. The van der Waals surface area contributed by atoms with Crippen molar-refractivity contribution in [2.24, 2.45) is 0 Å². The normalized spacial score (nSPS) is 12.9. The van der Waals surface area contributed by atoms with Gasteiger partial charge in [-0.25, -0.2) is 14.0 Å². The van der Waals surface area contributed by atoms with Crippen LogP contribution in [0.1, 0.15) is 39.6 Å². The Morgan fingerprint density at radius 2 is 1.81 bits per heavy atom. The van der Waals surface area contributed by atoms with Gasteiger partial charge in [-0.1, -0.05) is 12.1 Å². The number of H-pyrrole nitrogens is 1. The van der Waals surface area contributed by atoms with E-state index in [9.17, 15) is 23.6 Å². The van der Waals surface area contributed by atoms with Crippen molar-refractivity contribution in [3.63, 3.8) is 0 Å². The average Bonchev–Trinajstić information content (AvgIpc) is 3.59. The fourth-order valence-electron chi connectivity index (χ4n) is 3.27. The second-order valence-electron chi connectivity index (χ2n) is 7.30. The number of anilines is 3. The highest BCUT2D eigenvalue weighted by atomic mass is 19.1. The van der Waals surface area contributed by atoms with Crippen LogP contribution in [0.15, 0.2) is 58.1 Å². The lowest BCUT2D eigenvalue weighted by Gasteiger charge is -2.13. The molecule has 0 unspecified atom stereocenters. The maximum absolute atomic E-state index is 13.1. The molecule has 9 nitrogen and oxygen atoms in total. The smallest absolute Gasteiger partial charge is 0.340 e. The van der Waals surface area contributed by atoms with E-state index in [0.717, 1.165) is 12.8 Å². The van der Waals surface area contributed by atoms with Gasteiger partial charge in [-0.2, -0.15) is 0 Å². The molecular formula is C22H19FN4O5. The van der Waals surface area contributed by atoms with E-state index in [0.29, 0.717) is 11.4 Å². The molecule has 1 aromatic heterocycles. The average molecular weight is 438 g/mol. The third-order valence-corrected chi connectivity index (χ3v) is 4.98. The molecule has 1 fully saturated rings. The molecule has 32 heavy (non-hydrogen) atoms. The number of aromatic nitrogens is 2. The van der Waals surface area contributed by atoms with Crippen molar-refractivity contribution in [1.29, 1.82) is 0 Å². The number of nitrogens with one attached hydrogen (secondary N) is 2. The first-order valence-corrected chi connectivity index (χ1v) is 9.81. The van der Waals surface area contributed by atoms with E-state index in [2.05, 4.69) is 10.3 Å². The standard InChI is InChI=1S/C22H19FN4O5/c23-12-5-7-13(8-6-12)25-16-4-2-1-3-15(16)21(30)32-11-17(28)18-19(24)27(14-9-10-14)22(31)26-20(18)29/h1-8,14,25H,9-11,24H2,(H,26,29,31). The Bertz CT molecular complexity index is 1310. The van der Waals surface area contributed by atoms with Crippen LogP contribution >= 0.6 is 0 Å². The van der Waals surface area contributed by atoms with Gasteiger partial charge in [0.25, 0.3) is 5.56 Å². The first-order valence-electron chi connectivity index (χ1n) is 9.81. The van der Waals surface area contributed by atoms with Gasteiger partial charge in [0, 0.05) is 11.7 Å². The van der Waals surface area contributed by atoms with Gasteiger partial charge in [0.2, 0.25) is 5.78 Å². The van der Waals surface area contributed by atoms with E-state index in [1.54, 1.807) is 18.2 Å². The van der Waals surface area contributed by atoms with Crippen molar-refractivity contribution < 1.29 is 18.7 Å². The number of hydrogen-bond donors (Lipinski definition) is 3. The molecule has 4 N–H and O–H groups in total. The minimum atomic E-state index is -0.927. The molecule has 4 rings (SSSR count). The van der Waals surface area contributed by atoms with Gasteiger partial charge in [0.15, 0.2) is 6.61 Å². The summed E-state index contributed by atoms with van der Waals surface area (Å²) in [5, 5.41) is 2.99. The minimum absolute atomic E-state index is 0.134. The van der Waals surface area contributed by atoms with E-state index in [-0.39, 0.29) is 17.4 Å². The summed E-state index contributed by atoms with van der Waals surface area (Å²) in [6, 6.07) is 11.8. The first kappa shape index (κ1) is 21.0. The maximum Gasteiger partial charge on any atom is 0.340 e. The summed E-state index contributed by atoms with van der Waals surface area (Å²) in [6.45, 7) is -0.736. The highest BCUT2D eigenvalue weighted by Gasteiger charge is 2.30. The van der Waals surface area contributed by atoms with E-state index in [1.807, 2.05) is 0 Å². The monoisotopic (exact) mass is 438 g/mol. The number of halogens is 1. The number of ether oxygens (including phenoxy) is 1. The number of nitrogens with zero attached hydrogens (tertiary/aromatic N) is 1. The number of ketones is 1. The number of nitrogen functional groups attached to an aromatic ring is 1. The van der Waals surface area contributed by atoms with Crippen LogP contribution in [0.5, 0.6) is 0 Å². The minimum Gasteiger partial charge on any atom is -0.454 e. The third-order valence-electron chi connectivity index (χ3n) is 4.98. The van der Waals surface area contributed by atoms with E-state index >= 15 is 0 Å². The molecule has 0 atom stereocenters. The van der Waals surface area contributed by atoms with Crippen LogP contribution < -0.4 is 22.3 Å². The van der Waals surface area contributed by atoms with Crippen LogP contribution in [0.25, 0.3) is 0 Å². The van der Waals surface area contributed by atoms with Crippen LogP contribution in [-0.2, 0) is 4.74 Å². The lowest BCUT2D eigenvalue weighted by molar-refractivity contribution is 0.0475. The number of Topliss-reactive ketones (excluding diaryl/α,β-unsaturated/α-hetero) is 1. The molecule has 0 spiro atoms. The first-order chi connectivity index (χ1) is 15.3. The molecule has 3 aromatic rings. The van der Waals surface area contributed by atoms with E-state index in [1.165, 1.54) is 34.9 Å². The quantitative estimate of drug-likeness (QED) is 0.380. The Morgan fingerprint density at radius 1 is 1.12 bits per heavy atom. The fraction of sp³-hybridized carbons (Fsp3) is 0.182. The zero-order chi connectivity index (χ0) is 22.8. The molecule has 164 valence electrons. The van der Waals surface area contributed by atoms with Crippen molar-refractivity contribution >= 4 is 28.9 Å². The van der Waals surface area contributed by atoms with Gasteiger partial charge in [0.05, 0.1) is 11.3 Å². The highest BCUT2D eigenvalue weighted by molar-refractivity contribution is 6.03. The Kier molecular flexibility index (Phi) is 5.59. The number of para-hydroxylation sites is 1. The Hall–Kier alpha value is -4.21. The van der Waals surface area contributed by atoms with Crippen LogP contribution in [0.2, 0.25) is 0 Å². The van der Waals surface area contributed by atoms with Crippen LogP contribution in [0, 0.1) is 5.82 Å². The maximum atomic E-state index is 13.1. The summed E-state index contributed by atoms with van der Waals surface area (Å²) in [7, 11) is 0. The number of carbonyl (C=O) groups is 2. The van der Waals surface area contributed by atoms with Crippen molar-refractivity contribution in [2.45, 2.75) is 18.9 Å². The predicted molar refractivity (Wildman–Crippen MR) is 115 cm³/mol. The van der Waals surface area contributed by atoms with Crippen LogP contribution in [0.4, 0.5) is 21.6 Å². The van der Waals surface area contributed by atoms with Crippen molar-refractivity contribution in [3.8, 4) is 0 Å². The van der Waals surface area contributed by atoms with Gasteiger partial charge in [-0.05, 0) is 49.2 Å². The summed E-state index contributed by atoms with van der Waals surface area (Å²) < 4.78 is 19.4. The number of aromatic amines is 1. The molecule has 0 radical (unpaired) electrons. The molecule has 0 saturated heterocycles. The lowest BCUT2D eigenvalue weighted by Crippen LogP contribution is -2.36. The van der Waals surface area contributed by atoms with Crippen LogP contribution in [-0.4, -0.2) is 27.9 Å². The van der Waals surface area contributed by atoms with Gasteiger partial charge in [-0.15, -0.1) is 0 Å². The molecule has 1 saturated carbocycles. The number of nitrogens with two attached hydrogens (primary N) is 1. The molecule has 0 amide bonds. The second kappa shape index (κ2) is 8.50. The largest absolute Gasteiger partial charge is 0.454 e. The summed E-state index contributed by atoms with van der Waals surface area (Å²) >= 11 is 0. The molecule has 2 aromatic carbocycles. The molecule has 0 bridgehead atoms. The molecule has 1 aliphatic carbocycles. The summed E-state index contributed by atoms with van der Waals surface area (Å²) in [4.78, 5) is 51.4. The lowest BCUT2D eigenvalue weighted by atomic mass is 10.1. The Labute approximate surface area is 180 Å². The van der Waals surface area contributed by atoms with Gasteiger partial charge >= 0.3 is 11.7 Å². The zero-order valence-electron chi connectivity index (χ0n) is 16.8. The fourth-order valence-corrected chi connectivity index (χ4v) is 3.27. The number of rotatable bonds is 7. The van der Waals surface area contributed by atoms with Crippen LogP contribution in [0.3, 0.4) is 0 Å². The summed E-state index contributed by atoms with van der Waals surface area (Å²) in [6.07, 6.45) is 1.44. The topological polar surface area (TPSA) is 136 Å². The van der Waals surface area contributed by atoms with Gasteiger partial charge in [0.1, 0.15) is 17.2 Å². The molecule has 1 aliphatic rings. The highest BCUT2D eigenvalue weighted by Crippen LogP contribution is 2.35. The Balaban J connectivity index is 1.51. The molecule has 1 heterocycles. The number of benzene rings is 2. The molecule has 10 heteroatoms. The molecule has 0 aliphatic heterocycles. The SMILES string of the molecule is Nc1c(C(=O)COC(=O)c2ccccc2Nc2ccc(F)cc2)c(=O)[nH]c(=O)n1C1CC1. The van der Waals surface area contributed by atoms with E-state index in [4.69, 9.17) is 10.5 Å².